The Morgan fingerprint density at radius 3 is 2.65 bits per heavy atom. The SMILES string of the molecule is Cn1cnc2c(Nc3ccc(C(=O)O)cc3)nccc21. The maximum Gasteiger partial charge on any atom is 0.335 e. The summed E-state index contributed by atoms with van der Waals surface area (Å²) in [4.78, 5) is 19.4. The third-order valence-corrected chi connectivity index (χ3v) is 3.04. The molecule has 0 atom stereocenters. The molecule has 0 fully saturated rings. The number of hydrogen-bond donors (Lipinski definition) is 2. The lowest BCUT2D eigenvalue weighted by atomic mass is 10.2. The number of aromatic nitrogens is 3. The van der Waals surface area contributed by atoms with Gasteiger partial charge in [0, 0.05) is 18.9 Å². The van der Waals surface area contributed by atoms with E-state index < -0.39 is 5.97 Å². The number of pyridine rings is 1. The van der Waals surface area contributed by atoms with Gasteiger partial charge in [-0.05, 0) is 30.3 Å². The third kappa shape index (κ3) is 2.07. The van der Waals surface area contributed by atoms with Crippen molar-refractivity contribution < 1.29 is 9.90 Å². The highest BCUT2D eigenvalue weighted by Gasteiger charge is 2.07. The molecule has 0 saturated carbocycles. The monoisotopic (exact) mass is 268 g/mol. The number of hydrogen-bond acceptors (Lipinski definition) is 4. The van der Waals surface area contributed by atoms with E-state index in [1.165, 1.54) is 0 Å². The van der Waals surface area contributed by atoms with Gasteiger partial charge in [0.2, 0.25) is 0 Å². The summed E-state index contributed by atoms with van der Waals surface area (Å²) in [5.41, 5.74) is 2.77. The Kier molecular flexibility index (Phi) is 2.83. The lowest BCUT2D eigenvalue weighted by Gasteiger charge is -2.06. The maximum atomic E-state index is 10.8. The lowest BCUT2D eigenvalue weighted by Crippen LogP contribution is -1.98. The molecular weight excluding hydrogens is 256 g/mol. The molecule has 0 bridgehead atoms. The molecule has 0 aliphatic carbocycles. The Morgan fingerprint density at radius 1 is 1.20 bits per heavy atom. The van der Waals surface area contributed by atoms with E-state index in [0.717, 1.165) is 16.7 Å². The van der Waals surface area contributed by atoms with E-state index in [9.17, 15) is 4.79 Å². The number of carboxylic acid groups (broad SMARTS) is 1. The van der Waals surface area contributed by atoms with Gasteiger partial charge in [0.05, 0.1) is 17.4 Å². The number of carboxylic acids is 1. The highest BCUT2D eigenvalue weighted by Crippen LogP contribution is 2.22. The average Bonchev–Trinajstić information content (AvgIpc) is 2.82. The fourth-order valence-electron chi connectivity index (χ4n) is 1.99. The van der Waals surface area contributed by atoms with Crippen LogP contribution in [-0.2, 0) is 7.05 Å². The second-order valence-electron chi connectivity index (χ2n) is 4.39. The first kappa shape index (κ1) is 12.2. The number of fused-ring (bicyclic) bond motifs is 1. The number of nitrogens with zero attached hydrogens (tertiary/aromatic N) is 3. The summed E-state index contributed by atoms with van der Waals surface area (Å²) in [7, 11) is 1.92. The zero-order valence-electron chi connectivity index (χ0n) is 10.7. The molecule has 6 heteroatoms. The van der Waals surface area contributed by atoms with E-state index in [1.807, 2.05) is 17.7 Å². The molecular formula is C14H12N4O2. The second kappa shape index (κ2) is 4.65. The number of rotatable bonds is 3. The predicted octanol–water partition coefficient (Wildman–Crippen LogP) is 2.41. The van der Waals surface area contributed by atoms with Gasteiger partial charge in [-0.2, -0.15) is 0 Å². The van der Waals surface area contributed by atoms with Gasteiger partial charge in [-0.1, -0.05) is 0 Å². The minimum atomic E-state index is -0.943. The highest BCUT2D eigenvalue weighted by molar-refractivity contribution is 5.89. The van der Waals surface area contributed by atoms with Gasteiger partial charge in [-0.3, -0.25) is 0 Å². The zero-order chi connectivity index (χ0) is 14.1. The minimum Gasteiger partial charge on any atom is -0.478 e. The Morgan fingerprint density at radius 2 is 1.95 bits per heavy atom. The van der Waals surface area contributed by atoms with Crippen LogP contribution in [0.5, 0.6) is 0 Å². The number of aromatic carboxylic acids is 1. The molecule has 0 aliphatic rings. The summed E-state index contributed by atoms with van der Waals surface area (Å²) in [6, 6.07) is 8.38. The van der Waals surface area contributed by atoms with E-state index in [4.69, 9.17) is 5.11 Å². The maximum absolute atomic E-state index is 10.8. The molecule has 2 aromatic heterocycles. The highest BCUT2D eigenvalue weighted by atomic mass is 16.4. The lowest BCUT2D eigenvalue weighted by molar-refractivity contribution is 0.0697. The van der Waals surface area contributed by atoms with Crippen LogP contribution in [0.4, 0.5) is 11.5 Å². The number of nitrogens with one attached hydrogen (secondary N) is 1. The Labute approximate surface area is 114 Å². The van der Waals surface area contributed by atoms with E-state index in [2.05, 4.69) is 15.3 Å². The van der Waals surface area contributed by atoms with Crippen LogP contribution < -0.4 is 5.32 Å². The number of anilines is 2. The van der Waals surface area contributed by atoms with Gasteiger partial charge in [0.25, 0.3) is 0 Å². The van der Waals surface area contributed by atoms with Crippen LogP contribution in [0, 0.1) is 0 Å². The summed E-state index contributed by atoms with van der Waals surface area (Å²) >= 11 is 0. The van der Waals surface area contributed by atoms with Crippen LogP contribution in [-0.4, -0.2) is 25.6 Å². The van der Waals surface area contributed by atoms with Gasteiger partial charge in [0.1, 0.15) is 5.52 Å². The summed E-state index contributed by atoms with van der Waals surface area (Å²) < 4.78 is 1.91. The van der Waals surface area contributed by atoms with Crippen molar-refractivity contribution in [2.45, 2.75) is 0 Å². The largest absolute Gasteiger partial charge is 0.478 e. The molecule has 0 radical (unpaired) electrons. The summed E-state index contributed by atoms with van der Waals surface area (Å²) in [6.45, 7) is 0. The molecule has 0 saturated heterocycles. The van der Waals surface area contributed by atoms with Crippen LogP contribution in [0.3, 0.4) is 0 Å². The second-order valence-corrected chi connectivity index (χ2v) is 4.39. The number of benzene rings is 1. The van der Waals surface area contributed by atoms with Gasteiger partial charge in [-0.15, -0.1) is 0 Å². The van der Waals surface area contributed by atoms with Crippen molar-refractivity contribution in [3.63, 3.8) is 0 Å². The number of carbonyl (C=O) groups is 1. The van der Waals surface area contributed by atoms with Crippen LogP contribution in [0.25, 0.3) is 11.0 Å². The fourth-order valence-corrected chi connectivity index (χ4v) is 1.99. The van der Waals surface area contributed by atoms with Crippen molar-refractivity contribution in [1.29, 1.82) is 0 Å². The minimum absolute atomic E-state index is 0.250. The number of aryl methyl sites for hydroxylation is 1. The molecule has 3 aromatic rings. The predicted molar refractivity (Wildman–Crippen MR) is 75.2 cm³/mol. The summed E-state index contributed by atoms with van der Waals surface area (Å²) in [5, 5.41) is 12.0. The third-order valence-electron chi connectivity index (χ3n) is 3.04. The first-order valence-corrected chi connectivity index (χ1v) is 6.01. The van der Waals surface area contributed by atoms with Gasteiger partial charge in [0.15, 0.2) is 5.82 Å². The van der Waals surface area contributed by atoms with Crippen molar-refractivity contribution in [2.75, 3.05) is 5.32 Å². The molecule has 3 rings (SSSR count). The van der Waals surface area contributed by atoms with E-state index in [0.29, 0.717) is 5.82 Å². The Hall–Kier alpha value is -2.89. The molecule has 0 aliphatic heterocycles. The van der Waals surface area contributed by atoms with Gasteiger partial charge in [-0.25, -0.2) is 14.8 Å². The first-order chi connectivity index (χ1) is 9.65. The van der Waals surface area contributed by atoms with Crippen molar-refractivity contribution in [3.05, 3.63) is 48.4 Å². The van der Waals surface area contributed by atoms with Crippen molar-refractivity contribution >= 4 is 28.5 Å². The first-order valence-electron chi connectivity index (χ1n) is 6.01. The van der Waals surface area contributed by atoms with Crippen molar-refractivity contribution in [2.24, 2.45) is 7.05 Å². The molecule has 100 valence electrons. The normalized spacial score (nSPS) is 10.7. The van der Waals surface area contributed by atoms with Crippen LogP contribution in [0.2, 0.25) is 0 Å². The van der Waals surface area contributed by atoms with Crippen LogP contribution >= 0.6 is 0 Å². The Balaban J connectivity index is 1.95. The quantitative estimate of drug-likeness (QED) is 0.762. The molecule has 0 amide bonds. The molecule has 2 heterocycles. The van der Waals surface area contributed by atoms with Gasteiger partial charge < -0.3 is 15.0 Å². The molecule has 6 nitrogen and oxygen atoms in total. The smallest absolute Gasteiger partial charge is 0.335 e. The summed E-state index contributed by atoms with van der Waals surface area (Å²) in [6.07, 6.45) is 3.43. The van der Waals surface area contributed by atoms with Gasteiger partial charge >= 0.3 is 5.97 Å². The van der Waals surface area contributed by atoms with Crippen LogP contribution in [0.15, 0.2) is 42.9 Å². The fraction of sp³-hybridized carbons (Fsp3) is 0.0714. The number of imidazole rings is 1. The molecule has 20 heavy (non-hydrogen) atoms. The standard InChI is InChI=1S/C14H12N4O2/c1-18-8-16-12-11(18)6-7-15-13(12)17-10-4-2-9(3-5-10)14(19)20/h2-8H,1H3,(H,15,17)(H,19,20). The van der Waals surface area contributed by atoms with E-state index in [-0.39, 0.29) is 5.56 Å². The van der Waals surface area contributed by atoms with Crippen molar-refractivity contribution in [3.8, 4) is 0 Å². The average molecular weight is 268 g/mol. The van der Waals surface area contributed by atoms with Crippen molar-refractivity contribution in [1.82, 2.24) is 14.5 Å². The Bertz CT molecular complexity index is 777. The van der Waals surface area contributed by atoms with E-state index in [1.54, 1.807) is 36.8 Å². The van der Waals surface area contributed by atoms with E-state index >= 15 is 0 Å². The topological polar surface area (TPSA) is 80.0 Å². The molecule has 2 N–H and O–H groups in total. The zero-order valence-corrected chi connectivity index (χ0v) is 10.7. The summed E-state index contributed by atoms with van der Waals surface area (Å²) in [5.74, 6) is -0.298. The molecule has 1 aromatic carbocycles. The van der Waals surface area contributed by atoms with Crippen LogP contribution in [0.1, 0.15) is 10.4 Å². The molecule has 0 unspecified atom stereocenters. The molecule has 0 spiro atoms.